The maximum Gasteiger partial charge on any atom is 0.318 e. The van der Waals surface area contributed by atoms with E-state index in [2.05, 4.69) is 39.1 Å². The van der Waals surface area contributed by atoms with Crippen LogP contribution in [-0.4, -0.2) is 32.2 Å². The fourth-order valence-electron chi connectivity index (χ4n) is 3.74. The number of nitrogens with zero attached hydrogens (tertiary/aromatic N) is 4. The van der Waals surface area contributed by atoms with Crippen molar-refractivity contribution in [3.8, 4) is 0 Å². The molecule has 0 spiro atoms. The summed E-state index contributed by atoms with van der Waals surface area (Å²) in [5, 5.41) is 12.0. The predicted molar refractivity (Wildman–Crippen MR) is 92.9 cm³/mol. The fraction of sp³-hybridized carbons (Fsp3) is 0.588. The molecule has 4 rings (SSSR count). The van der Waals surface area contributed by atoms with Gasteiger partial charge in [0.25, 0.3) is 0 Å². The van der Waals surface area contributed by atoms with E-state index in [0.29, 0.717) is 0 Å². The van der Waals surface area contributed by atoms with Gasteiger partial charge in [-0.3, -0.25) is 0 Å². The molecule has 2 aromatic heterocycles. The molecule has 2 aliphatic heterocycles. The summed E-state index contributed by atoms with van der Waals surface area (Å²) in [6.07, 6.45) is 4.90. The molecule has 2 aliphatic rings. The lowest BCUT2D eigenvalue weighted by Gasteiger charge is -2.29. The first-order valence-corrected chi connectivity index (χ1v) is 9.73. The van der Waals surface area contributed by atoms with Crippen LogP contribution in [0.25, 0.3) is 0 Å². The van der Waals surface area contributed by atoms with Crippen molar-refractivity contribution in [3.05, 3.63) is 34.0 Å². The molecular weight excluding hydrogens is 322 g/mol. The highest BCUT2D eigenvalue weighted by Crippen LogP contribution is 2.33. The molecule has 0 bridgehead atoms. The normalized spacial score (nSPS) is 23.3. The number of fused-ring (bicyclic) bond motifs is 1. The number of carbonyl (C=O) groups is 1. The Morgan fingerprint density at radius 3 is 3.04 bits per heavy atom. The standard InChI is InChI=1S/C17H23N5OS/c1-2-15-19-16-13(5-3-9-22(16)20-15)18-17(23)21-8-4-6-14(21)12-7-10-24-11-12/h7,10-11,13-14H,2-6,8-9H2,1H3,(H,18,23). The molecule has 1 fully saturated rings. The lowest BCUT2D eigenvalue weighted by molar-refractivity contribution is 0.185. The van der Waals surface area contributed by atoms with E-state index >= 15 is 0 Å². The van der Waals surface area contributed by atoms with Crippen molar-refractivity contribution in [3.63, 3.8) is 0 Å². The second-order valence-corrected chi connectivity index (χ2v) is 7.30. The van der Waals surface area contributed by atoms with Crippen molar-refractivity contribution in [2.24, 2.45) is 0 Å². The monoisotopic (exact) mass is 345 g/mol. The van der Waals surface area contributed by atoms with Crippen LogP contribution in [-0.2, 0) is 13.0 Å². The van der Waals surface area contributed by atoms with Gasteiger partial charge in [-0.05, 0) is 48.1 Å². The van der Waals surface area contributed by atoms with Crippen LogP contribution in [0.2, 0.25) is 0 Å². The number of carbonyl (C=O) groups excluding carboxylic acids is 1. The Kier molecular flexibility index (Phi) is 4.26. The lowest BCUT2D eigenvalue weighted by atomic mass is 10.1. The van der Waals surface area contributed by atoms with E-state index in [1.54, 1.807) is 11.3 Å². The van der Waals surface area contributed by atoms with Gasteiger partial charge in [-0.25, -0.2) is 14.5 Å². The molecule has 0 aromatic carbocycles. The Balaban J connectivity index is 1.49. The minimum Gasteiger partial charge on any atom is -0.328 e. The van der Waals surface area contributed by atoms with Crippen molar-refractivity contribution < 1.29 is 4.79 Å². The summed E-state index contributed by atoms with van der Waals surface area (Å²) in [4.78, 5) is 19.5. The van der Waals surface area contributed by atoms with Gasteiger partial charge < -0.3 is 10.2 Å². The Morgan fingerprint density at radius 1 is 1.38 bits per heavy atom. The fourth-order valence-corrected chi connectivity index (χ4v) is 4.45. The highest BCUT2D eigenvalue weighted by Gasteiger charge is 2.33. The average Bonchev–Trinajstić information content (AvgIpc) is 3.32. The molecule has 2 amide bonds. The topological polar surface area (TPSA) is 63.1 Å². The van der Waals surface area contributed by atoms with Crippen LogP contribution in [0.15, 0.2) is 16.8 Å². The SMILES string of the molecule is CCc1nc2n(n1)CCCC2NC(=O)N1CCCC1c1ccsc1. The van der Waals surface area contributed by atoms with E-state index in [9.17, 15) is 4.79 Å². The van der Waals surface area contributed by atoms with Crippen LogP contribution in [0.1, 0.15) is 61.9 Å². The minimum absolute atomic E-state index is 0.0252. The summed E-state index contributed by atoms with van der Waals surface area (Å²) in [6.45, 7) is 3.78. The Labute approximate surface area is 145 Å². The third-order valence-corrected chi connectivity index (χ3v) is 5.68. The number of hydrogen-bond donors (Lipinski definition) is 1. The van der Waals surface area contributed by atoms with E-state index in [1.807, 2.05) is 9.58 Å². The number of hydrogen-bond acceptors (Lipinski definition) is 4. The summed E-state index contributed by atoms with van der Waals surface area (Å²) >= 11 is 1.69. The van der Waals surface area contributed by atoms with Crippen molar-refractivity contribution >= 4 is 17.4 Å². The van der Waals surface area contributed by atoms with Crippen LogP contribution in [0, 0.1) is 0 Å². The predicted octanol–water partition coefficient (Wildman–Crippen LogP) is 3.28. The molecule has 1 saturated heterocycles. The van der Waals surface area contributed by atoms with E-state index in [-0.39, 0.29) is 18.1 Å². The van der Waals surface area contributed by atoms with Gasteiger partial charge in [0.15, 0.2) is 5.82 Å². The van der Waals surface area contributed by atoms with Crippen molar-refractivity contribution in [1.29, 1.82) is 0 Å². The number of rotatable bonds is 3. The van der Waals surface area contributed by atoms with E-state index in [1.165, 1.54) is 5.56 Å². The van der Waals surface area contributed by atoms with Gasteiger partial charge in [-0.15, -0.1) is 0 Å². The Bertz CT molecular complexity index is 711. The van der Waals surface area contributed by atoms with Gasteiger partial charge in [0.1, 0.15) is 5.82 Å². The molecule has 2 aromatic rings. The molecule has 0 radical (unpaired) electrons. The molecular formula is C17H23N5OS. The molecule has 0 saturated carbocycles. The number of aromatic nitrogens is 3. The van der Waals surface area contributed by atoms with Gasteiger partial charge in [-0.1, -0.05) is 6.92 Å². The van der Waals surface area contributed by atoms with Gasteiger partial charge in [-0.2, -0.15) is 16.4 Å². The quantitative estimate of drug-likeness (QED) is 0.928. The minimum atomic E-state index is -0.0252. The molecule has 0 aliphatic carbocycles. The molecule has 2 atom stereocenters. The molecule has 6 nitrogen and oxygen atoms in total. The summed E-state index contributed by atoms with van der Waals surface area (Å²) < 4.78 is 1.97. The van der Waals surface area contributed by atoms with Crippen molar-refractivity contribution in [2.45, 2.75) is 57.7 Å². The van der Waals surface area contributed by atoms with E-state index in [4.69, 9.17) is 0 Å². The van der Waals surface area contributed by atoms with Crippen LogP contribution in [0.3, 0.4) is 0 Å². The number of aryl methyl sites for hydroxylation is 2. The van der Waals surface area contributed by atoms with E-state index in [0.717, 1.165) is 56.8 Å². The van der Waals surface area contributed by atoms with Crippen molar-refractivity contribution in [1.82, 2.24) is 25.0 Å². The number of amides is 2. The smallest absolute Gasteiger partial charge is 0.318 e. The van der Waals surface area contributed by atoms with Crippen LogP contribution in [0.4, 0.5) is 4.79 Å². The summed E-state index contributed by atoms with van der Waals surface area (Å²) in [6, 6.07) is 2.35. The highest BCUT2D eigenvalue weighted by molar-refractivity contribution is 7.07. The second-order valence-electron chi connectivity index (χ2n) is 6.52. The largest absolute Gasteiger partial charge is 0.328 e. The maximum absolute atomic E-state index is 12.9. The van der Waals surface area contributed by atoms with E-state index < -0.39 is 0 Å². The zero-order valence-corrected chi connectivity index (χ0v) is 14.8. The number of urea groups is 1. The average molecular weight is 345 g/mol. The third kappa shape index (κ3) is 2.81. The van der Waals surface area contributed by atoms with Gasteiger partial charge in [0.05, 0.1) is 12.1 Å². The first-order chi connectivity index (χ1) is 11.8. The summed E-state index contributed by atoms with van der Waals surface area (Å²) in [7, 11) is 0. The Morgan fingerprint density at radius 2 is 2.25 bits per heavy atom. The Hall–Kier alpha value is -1.89. The maximum atomic E-state index is 12.9. The number of thiophene rings is 1. The summed E-state index contributed by atoms with van der Waals surface area (Å²) in [5.74, 6) is 1.78. The lowest BCUT2D eigenvalue weighted by Crippen LogP contribution is -2.42. The molecule has 4 heterocycles. The highest BCUT2D eigenvalue weighted by atomic mass is 32.1. The molecule has 1 N–H and O–H groups in total. The van der Waals surface area contributed by atoms with Gasteiger partial charge in [0.2, 0.25) is 0 Å². The molecule has 2 unspecified atom stereocenters. The summed E-state index contributed by atoms with van der Waals surface area (Å²) in [5.41, 5.74) is 1.26. The first kappa shape index (κ1) is 15.6. The van der Waals surface area contributed by atoms with Crippen LogP contribution in [0.5, 0.6) is 0 Å². The second kappa shape index (κ2) is 6.55. The first-order valence-electron chi connectivity index (χ1n) is 8.79. The molecule has 128 valence electrons. The van der Waals surface area contributed by atoms with Crippen molar-refractivity contribution in [2.75, 3.05) is 6.54 Å². The third-order valence-electron chi connectivity index (χ3n) is 4.97. The molecule has 24 heavy (non-hydrogen) atoms. The number of likely N-dealkylation sites (tertiary alicyclic amines) is 1. The van der Waals surface area contributed by atoms with Gasteiger partial charge >= 0.3 is 6.03 Å². The number of nitrogens with one attached hydrogen (secondary N) is 1. The zero-order chi connectivity index (χ0) is 16.5. The van der Waals surface area contributed by atoms with Gasteiger partial charge in [0, 0.05) is 19.5 Å². The van der Waals surface area contributed by atoms with Crippen LogP contribution < -0.4 is 5.32 Å². The molecule has 7 heteroatoms. The van der Waals surface area contributed by atoms with Crippen LogP contribution >= 0.6 is 11.3 Å². The zero-order valence-electron chi connectivity index (χ0n) is 13.9.